The fourth-order valence-electron chi connectivity index (χ4n) is 1.94. The van der Waals surface area contributed by atoms with Gasteiger partial charge >= 0.3 is 0 Å². The van der Waals surface area contributed by atoms with Crippen molar-refractivity contribution in [2.45, 2.75) is 50.3 Å². The summed E-state index contributed by atoms with van der Waals surface area (Å²) in [5, 5.41) is 27.9. The molecule has 2 rings (SSSR count). The molecular weight excluding hydrogens is 204 g/mol. The molecule has 0 radical (unpaired) electrons. The Balaban J connectivity index is 2.05. The van der Waals surface area contributed by atoms with Crippen LogP contribution in [0.5, 0.6) is 0 Å². The van der Waals surface area contributed by atoms with Crippen molar-refractivity contribution < 1.29 is 29.5 Å². The van der Waals surface area contributed by atoms with E-state index >= 15 is 0 Å². The van der Waals surface area contributed by atoms with E-state index in [9.17, 15) is 10.2 Å². The van der Waals surface area contributed by atoms with Crippen LogP contribution in [-0.2, 0) is 14.2 Å². The molecule has 6 nitrogen and oxygen atoms in total. The lowest BCUT2D eigenvalue weighted by atomic mass is 10.1. The first kappa shape index (κ1) is 11.3. The molecule has 2 saturated heterocycles. The molecule has 3 N–H and O–H groups in total. The standard InChI is InChI=1S/C9H16O6/c1-9(2)14-7-5(12)6(4(11)3-10)13-8(7)15-9/h4-8,10-12H,3H2,1-2H3/t4-,5-,6-,7+,8+/m1/s1. The monoisotopic (exact) mass is 220 g/mol. The molecule has 2 heterocycles. The molecule has 0 bridgehead atoms. The first-order valence-corrected chi connectivity index (χ1v) is 4.93. The van der Waals surface area contributed by atoms with Crippen molar-refractivity contribution in [1.29, 1.82) is 0 Å². The molecule has 2 aliphatic heterocycles. The van der Waals surface area contributed by atoms with E-state index in [0.717, 1.165) is 0 Å². The molecule has 0 aromatic carbocycles. The van der Waals surface area contributed by atoms with Gasteiger partial charge in [0.25, 0.3) is 0 Å². The van der Waals surface area contributed by atoms with E-state index in [0.29, 0.717) is 0 Å². The third-order valence-electron chi connectivity index (χ3n) is 2.62. The van der Waals surface area contributed by atoms with Gasteiger partial charge in [0, 0.05) is 0 Å². The Hall–Kier alpha value is -0.240. The number of fused-ring (bicyclic) bond motifs is 1. The highest BCUT2D eigenvalue weighted by Crippen LogP contribution is 2.38. The summed E-state index contributed by atoms with van der Waals surface area (Å²) in [6.07, 6.45) is -4.26. The number of aliphatic hydroxyl groups is 3. The Bertz CT molecular complexity index is 243. The van der Waals surface area contributed by atoms with Crippen molar-refractivity contribution in [2.75, 3.05) is 6.61 Å². The lowest BCUT2D eigenvalue weighted by molar-refractivity contribution is -0.227. The molecule has 2 fully saturated rings. The fourth-order valence-corrected chi connectivity index (χ4v) is 1.94. The van der Waals surface area contributed by atoms with E-state index in [4.69, 9.17) is 19.3 Å². The lowest BCUT2D eigenvalue weighted by Crippen LogP contribution is -2.42. The quantitative estimate of drug-likeness (QED) is 0.529. The van der Waals surface area contributed by atoms with Crippen LogP contribution in [0.15, 0.2) is 0 Å². The second-order valence-electron chi connectivity index (χ2n) is 4.31. The van der Waals surface area contributed by atoms with Crippen molar-refractivity contribution in [2.24, 2.45) is 0 Å². The summed E-state index contributed by atoms with van der Waals surface area (Å²) in [7, 11) is 0. The van der Waals surface area contributed by atoms with E-state index in [1.807, 2.05) is 0 Å². The molecule has 6 heteroatoms. The zero-order chi connectivity index (χ0) is 11.2. The van der Waals surface area contributed by atoms with Gasteiger partial charge in [-0.1, -0.05) is 0 Å². The molecule has 0 amide bonds. The Morgan fingerprint density at radius 1 is 1.33 bits per heavy atom. The Morgan fingerprint density at radius 3 is 2.53 bits per heavy atom. The molecule has 0 aromatic rings. The Kier molecular flexibility index (Phi) is 2.74. The third-order valence-corrected chi connectivity index (χ3v) is 2.62. The van der Waals surface area contributed by atoms with Gasteiger partial charge in [0.05, 0.1) is 6.61 Å². The van der Waals surface area contributed by atoms with Crippen molar-refractivity contribution in [3.63, 3.8) is 0 Å². The minimum atomic E-state index is -1.12. The van der Waals surface area contributed by atoms with Crippen molar-refractivity contribution in [3.05, 3.63) is 0 Å². The average Bonchev–Trinajstić information content (AvgIpc) is 2.60. The van der Waals surface area contributed by atoms with E-state index in [-0.39, 0.29) is 0 Å². The van der Waals surface area contributed by atoms with Gasteiger partial charge in [0.1, 0.15) is 24.4 Å². The summed E-state index contributed by atoms with van der Waals surface area (Å²) in [6.45, 7) is 2.97. The van der Waals surface area contributed by atoms with Gasteiger partial charge in [-0.2, -0.15) is 0 Å². The minimum Gasteiger partial charge on any atom is -0.394 e. The number of ether oxygens (including phenoxy) is 3. The van der Waals surface area contributed by atoms with Gasteiger partial charge in [0.2, 0.25) is 0 Å². The van der Waals surface area contributed by atoms with Crippen LogP contribution in [0.2, 0.25) is 0 Å². The minimum absolute atomic E-state index is 0.468. The maximum atomic E-state index is 9.79. The van der Waals surface area contributed by atoms with Gasteiger partial charge in [0.15, 0.2) is 12.1 Å². The van der Waals surface area contributed by atoms with Crippen LogP contribution in [0.1, 0.15) is 13.8 Å². The summed E-state index contributed by atoms with van der Waals surface area (Å²) in [5.41, 5.74) is 0. The summed E-state index contributed by atoms with van der Waals surface area (Å²) < 4.78 is 16.1. The van der Waals surface area contributed by atoms with E-state index < -0.39 is 43.1 Å². The van der Waals surface area contributed by atoms with Crippen LogP contribution in [-0.4, -0.2) is 58.4 Å². The van der Waals surface area contributed by atoms with Gasteiger partial charge in [-0.25, -0.2) is 0 Å². The normalized spacial score (nSPS) is 45.4. The summed E-state index contributed by atoms with van der Waals surface area (Å²) in [6, 6.07) is 0. The Morgan fingerprint density at radius 2 is 2.00 bits per heavy atom. The smallest absolute Gasteiger partial charge is 0.190 e. The highest BCUT2D eigenvalue weighted by atomic mass is 16.8. The first-order valence-electron chi connectivity index (χ1n) is 4.93. The lowest BCUT2D eigenvalue weighted by Gasteiger charge is -2.24. The highest BCUT2D eigenvalue weighted by molar-refractivity contribution is 4.95. The highest BCUT2D eigenvalue weighted by Gasteiger charge is 2.55. The predicted octanol–water partition coefficient (Wildman–Crippen LogP) is -1.42. The molecule has 0 spiro atoms. The Labute approximate surface area is 87.4 Å². The SMILES string of the molecule is CC1(C)O[C@@H]2O[C@H]([C@H](O)CO)[C@@H](O)[C@@H]2O1. The summed E-state index contributed by atoms with van der Waals surface area (Å²) in [4.78, 5) is 0. The van der Waals surface area contributed by atoms with E-state index in [1.54, 1.807) is 13.8 Å². The number of hydrogen-bond donors (Lipinski definition) is 3. The van der Waals surface area contributed by atoms with Crippen LogP contribution in [0, 0.1) is 0 Å². The van der Waals surface area contributed by atoms with Gasteiger partial charge in [-0.15, -0.1) is 0 Å². The second kappa shape index (κ2) is 3.65. The number of hydrogen-bond acceptors (Lipinski definition) is 6. The molecule has 5 atom stereocenters. The van der Waals surface area contributed by atoms with Crippen LogP contribution < -0.4 is 0 Å². The van der Waals surface area contributed by atoms with E-state index in [1.165, 1.54) is 0 Å². The van der Waals surface area contributed by atoms with Gasteiger partial charge in [-0.3, -0.25) is 0 Å². The topological polar surface area (TPSA) is 88.4 Å². The molecule has 0 aliphatic carbocycles. The number of rotatable bonds is 2. The van der Waals surface area contributed by atoms with Crippen LogP contribution in [0.3, 0.4) is 0 Å². The molecular formula is C9H16O6. The van der Waals surface area contributed by atoms with E-state index in [2.05, 4.69) is 0 Å². The van der Waals surface area contributed by atoms with Crippen molar-refractivity contribution in [3.8, 4) is 0 Å². The molecule has 88 valence electrons. The third kappa shape index (κ3) is 1.89. The molecule has 0 saturated carbocycles. The van der Waals surface area contributed by atoms with Crippen molar-refractivity contribution in [1.82, 2.24) is 0 Å². The van der Waals surface area contributed by atoms with Crippen LogP contribution in [0.25, 0.3) is 0 Å². The second-order valence-corrected chi connectivity index (χ2v) is 4.31. The largest absolute Gasteiger partial charge is 0.394 e. The molecule has 15 heavy (non-hydrogen) atoms. The van der Waals surface area contributed by atoms with Crippen LogP contribution >= 0.6 is 0 Å². The van der Waals surface area contributed by atoms with Gasteiger partial charge < -0.3 is 29.5 Å². The zero-order valence-corrected chi connectivity index (χ0v) is 8.66. The summed E-state index contributed by atoms with van der Waals surface area (Å²) >= 11 is 0. The zero-order valence-electron chi connectivity index (χ0n) is 8.66. The summed E-state index contributed by atoms with van der Waals surface area (Å²) in [5.74, 6) is -0.786. The molecule has 2 aliphatic rings. The fraction of sp³-hybridized carbons (Fsp3) is 1.00. The van der Waals surface area contributed by atoms with Crippen LogP contribution in [0.4, 0.5) is 0 Å². The number of aliphatic hydroxyl groups excluding tert-OH is 3. The van der Waals surface area contributed by atoms with Crippen molar-refractivity contribution >= 4 is 0 Å². The average molecular weight is 220 g/mol. The first-order chi connectivity index (χ1) is 6.94. The predicted molar refractivity (Wildman–Crippen MR) is 47.8 cm³/mol. The molecule has 0 unspecified atom stereocenters. The maximum absolute atomic E-state index is 9.79. The van der Waals surface area contributed by atoms with Gasteiger partial charge in [-0.05, 0) is 13.8 Å². The molecule has 0 aromatic heterocycles. The maximum Gasteiger partial charge on any atom is 0.190 e.